The number of likely N-dealkylation sites (N-methyl/N-ethyl adjacent to an activating group) is 1. The molecule has 0 aliphatic carbocycles. The van der Waals surface area contributed by atoms with Crippen molar-refractivity contribution in [3.05, 3.63) is 24.0 Å². The third kappa shape index (κ3) is 3.68. The summed E-state index contributed by atoms with van der Waals surface area (Å²) in [5.41, 5.74) is 7.10. The van der Waals surface area contributed by atoms with Gasteiger partial charge >= 0.3 is 0 Å². The van der Waals surface area contributed by atoms with Crippen LogP contribution in [0.2, 0.25) is 0 Å². The Morgan fingerprint density at radius 2 is 2.20 bits per heavy atom. The number of rotatable bonds is 6. The van der Waals surface area contributed by atoms with E-state index in [2.05, 4.69) is 36.8 Å². The van der Waals surface area contributed by atoms with Crippen LogP contribution in [-0.4, -0.2) is 35.6 Å². The normalized spacial score (nSPS) is 12.3. The molecule has 0 radical (unpaired) electrons. The molecule has 0 unspecified atom stereocenters. The summed E-state index contributed by atoms with van der Waals surface area (Å²) in [5, 5.41) is 0. The van der Waals surface area contributed by atoms with E-state index < -0.39 is 0 Å². The van der Waals surface area contributed by atoms with E-state index in [1.165, 1.54) is 5.69 Å². The van der Waals surface area contributed by atoms with Crippen molar-refractivity contribution >= 4 is 0 Å². The number of nitrogens with two attached hydrogens (primary N) is 1. The highest BCUT2D eigenvalue weighted by molar-refractivity contribution is 5.04. The van der Waals surface area contributed by atoms with E-state index in [-0.39, 0.29) is 5.54 Å². The van der Waals surface area contributed by atoms with Gasteiger partial charge in [-0.15, -0.1) is 0 Å². The van der Waals surface area contributed by atoms with Crippen molar-refractivity contribution in [2.75, 3.05) is 20.1 Å². The van der Waals surface area contributed by atoms with Crippen LogP contribution in [0.15, 0.2) is 18.3 Å². The zero-order chi connectivity index (χ0) is 11.3. The van der Waals surface area contributed by atoms with E-state index in [1.54, 1.807) is 0 Å². The van der Waals surface area contributed by atoms with Gasteiger partial charge in [-0.3, -0.25) is 0 Å². The van der Waals surface area contributed by atoms with E-state index in [4.69, 9.17) is 5.73 Å². The molecular weight excluding hydrogens is 186 g/mol. The molecule has 3 heteroatoms. The molecule has 1 rings (SSSR count). The smallest absolute Gasteiger partial charge is 0.0162 e. The van der Waals surface area contributed by atoms with Gasteiger partial charge in [0.05, 0.1) is 0 Å². The van der Waals surface area contributed by atoms with Crippen LogP contribution in [0, 0.1) is 0 Å². The van der Waals surface area contributed by atoms with Crippen LogP contribution < -0.4 is 5.73 Å². The molecule has 3 nitrogen and oxygen atoms in total. The van der Waals surface area contributed by atoms with Gasteiger partial charge in [-0.05, 0) is 46.0 Å². The number of aromatic nitrogens is 1. The van der Waals surface area contributed by atoms with Crippen molar-refractivity contribution in [3.8, 4) is 0 Å². The Morgan fingerprint density at radius 1 is 1.47 bits per heavy atom. The minimum absolute atomic E-state index is 0.196. The van der Waals surface area contributed by atoms with Gasteiger partial charge in [-0.25, -0.2) is 0 Å². The Labute approximate surface area is 92.7 Å². The second kappa shape index (κ2) is 5.33. The lowest BCUT2D eigenvalue weighted by atomic mass is 9.98. The lowest BCUT2D eigenvalue weighted by Crippen LogP contribution is -2.43. The molecule has 0 fully saturated rings. The molecule has 15 heavy (non-hydrogen) atoms. The Balaban J connectivity index is 2.38. The molecule has 0 bridgehead atoms. The number of nitrogens with one attached hydrogen (secondary N) is 1. The van der Waals surface area contributed by atoms with Gasteiger partial charge < -0.3 is 15.6 Å². The first-order valence-corrected chi connectivity index (χ1v) is 5.60. The summed E-state index contributed by atoms with van der Waals surface area (Å²) in [5.74, 6) is 0. The van der Waals surface area contributed by atoms with Crippen molar-refractivity contribution in [1.82, 2.24) is 9.88 Å². The fraction of sp³-hybridized carbons (Fsp3) is 0.667. The van der Waals surface area contributed by atoms with Gasteiger partial charge in [-0.1, -0.05) is 0 Å². The first-order valence-electron chi connectivity index (χ1n) is 5.60. The largest absolute Gasteiger partial charge is 0.365 e. The summed E-state index contributed by atoms with van der Waals surface area (Å²) in [6, 6.07) is 4.17. The fourth-order valence-electron chi connectivity index (χ4n) is 1.66. The van der Waals surface area contributed by atoms with E-state index >= 15 is 0 Å². The van der Waals surface area contributed by atoms with Gasteiger partial charge in [0.15, 0.2) is 0 Å². The molecule has 0 aliphatic rings. The number of aromatic amines is 1. The van der Waals surface area contributed by atoms with E-state index in [1.807, 2.05) is 12.3 Å². The van der Waals surface area contributed by atoms with Crippen LogP contribution in [0.4, 0.5) is 0 Å². The molecule has 3 N–H and O–H groups in total. The first kappa shape index (κ1) is 12.3. The van der Waals surface area contributed by atoms with Crippen molar-refractivity contribution in [3.63, 3.8) is 0 Å². The zero-order valence-corrected chi connectivity index (χ0v) is 10.1. The molecular formula is C12H23N3. The quantitative estimate of drug-likeness (QED) is 0.747. The highest BCUT2D eigenvalue weighted by atomic mass is 15.2. The van der Waals surface area contributed by atoms with Gasteiger partial charge in [0, 0.05) is 30.4 Å². The van der Waals surface area contributed by atoms with Crippen LogP contribution in [-0.2, 0) is 6.42 Å². The van der Waals surface area contributed by atoms with Crippen molar-refractivity contribution < 1.29 is 0 Å². The zero-order valence-electron chi connectivity index (χ0n) is 10.1. The number of H-pyrrole nitrogens is 1. The minimum Gasteiger partial charge on any atom is -0.365 e. The Kier molecular flexibility index (Phi) is 4.36. The third-order valence-corrected chi connectivity index (χ3v) is 3.17. The summed E-state index contributed by atoms with van der Waals surface area (Å²) in [6.07, 6.45) is 4.08. The number of hydrogen-bond acceptors (Lipinski definition) is 2. The molecule has 0 saturated heterocycles. The molecule has 1 aromatic heterocycles. The molecule has 0 atom stereocenters. The summed E-state index contributed by atoms with van der Waals surface area (Å²) in [6.45, 7) is 6.30. The SMILES string of the molecule is CN(CCc1ccc[nH]1)C(C)(C)CCN. The van der Waals surface area contributed by atoms with Crippen molar-refractivity contribution in [2.45, 2.75) is 32.2 Å². The van der Waals surface area contributed by atoms with E-state index in [0.29, 0.717) is 0 Å². The van der Waals surface area contributed by atoms with Gasteiger partial charge in [0.1, 0.15) is 0 Å². The topological polar surface area (TPSA) is 45.0 Å². The summed E-state index contributed by atoms with van der Waals surface area (Å²) in [7, 11) is 2.17. The maximum atomic E-state index is 5.61. The number of nitrogens with zero attached hydrogens (tertiary/aromatic N) is 1. The van der Waals surface area contributed by atoms with Crippen LogP contribution >= 0.6 is 0 Å². The van der Waals surface area contributed by atoms with Gasteiger partial charge in [0.25, 0.3) is 0 Å². The van der Waals surface area contributed by atoms with Crippen LogP contribution in [0.3, 0.4) is 0 Å². The van der Waals surface area contributed by atoms with E-state index in [9.17, 15) is 0 Å². The molecule has 0 aliphatic heterocycles. The second-order valence-corrected chi connectivity index (χ2v) is 4.72. The number of hydrogen-bond donors (Lipinski definition) is 2. The Bertz CT molecular complexity index is 264. The molecule has 0 amide bonds. The molecule has 1 aromatic rings. The van der Waals surface area contributed by atoms with Gasteiger partial charge in [-0.2, -0.15) is 0 Å². The van der Waals surface area contributed by atoms with Crippen LogP contribution in [0.5, 0.6) is 0 Å². The average Bonchev–Trinajstić information content (AvgIpc) is 2.66. The summed E-state index contributed by atoms with van der Waals surface area (Å²) >= 11 is 0. The lowest BCUT2D eigenvalue weighted by molar-refractivity contribution is 0.149. The van der Waals surface area contributed by atoms with Crippen LogP contribution in [0.1, 0.15) is 26.0 Å². The second-order valence-electron chi connectivity index (χ2n) is 4.72. The lowest BCUT2D eigenvalue weighted by Gasteiger charge is -2.35. The Morgan fingerprint density at radius 3 is 2.73 bits per heavy atom. The highest BCUT2D eigenvalue weighted by Gasteiger charge is 2.21. The minimum atomic E-state index is 0.196. The highest BCUT2D eigenvalue weighted by Crippen LogP contribution is 2.16. The fourth-order valence-corrected chi connectivity index (χ4v) is 1.66. The third-order valence-electron chi connectivity index (χ3n) is 3.17. The van der Waals surface area contributed by atoms with E-state index in [0.717, 1.165) is 25.9 Å². The average molecular weight is 209 g/mol. The molecule has 0 aromatic carbocycles. The predicted octanol–water partition coefficient (Wildman–Crippen LogP) is 1.62. The Hall–Kier alpha value is -0.800. The molecule has 1 heterocycles. The van der Waals surface area contributed by atoms with Crippen molar-refractivity contribution in [1.29, 1.82) is 0 Å². The first-order chi connectivity index (χ1) is 7.06. The van der Waals surface area contributed by atoms with Gasteiger partial charge in [0.2, 0.25) is 0 Å². The van der Waals surface area contributed by atoms with Crippen LogP contribution in [0.25, 0.3) is 0 Å². The molecule has 86 valence electrons. The predicted molar refractivity (Wildman–Crippen MR) is 64.9 cm³/mol. The molecule has 0 saturated carbocycles. The molecule has 0 spiro atoms. The maximum absolute atomic E-state index is 5.61. The van der Waals surface area contributed by atoms with Crippen molar-refractivity contribution in [2.24, 2.45) is 5.73 Å². The standard InChI is InChI=1S/C12H23N3/c1-12(2,7-8-13)15(3)10-6-11-5-4-9-14-11/h4-5,9,14H,6-8,10,13H2,1-3H3. The summed E-state index contributed by atoms with van der Waals surface area (Å²) in [4.78, 5) is 5.60. The monoisotopic (exact) mass is 209 g/mol. The summed E-state index contributed by atoms with van der Waals surface area (Å²) < 4.78 is 0. The maximum Gasteiger partial charge on any atom is 0.0162 e.